The molecule has 8 heteroatoms. The molecular formula is C16H22ClFN4O2. The van der Waals surface area contributed by atoms with Crippen LogP contribution in [0, 0.1) is 5.82 Å². The number of hydrogen-bond acceptors (Lipinski definition) is 6. The lowest BCUT2D eigenvalue weighted by molar-refractivity contribution is 0.147. The summed E-state index contributed by atoms with van der Waals surface area (Å²) in [6.07, 6.45) is 0.143. The average Bonchev–Trinajstić information content (AvgIpc) is 3.04. The lowest BCUT2D eigenvalue weighted by Crippen LogP contribution is -2.44. The van der Waals surface area contributed by atoms with Gasteiger partial charge < -0.3 is 14.6 Å². The molecule has 2 atom stereocenters. The fraction of sp³-hybridized carbons (Fsp3) is 0.500. The fourth-order valence-corrected chi connectivity index (χ4v) is 2.61. The second kappa shape index (κ2) is 8.41. The van der Waals surface area contributed by atoms with Gasteiger partial charge >= 0.3 is 0 Å². The van der Waals surface area contributed by atoms with E-state index in [1.165, 1.54) is 6.07 Å². The molecule has 0 saturated carbocycles. The molecule has 0 aliphatic carbocycles. The van der Waals surface area contributed by atoms with Crippen LogP contribution in [-0.2, 0) is 0 Å². The third-order valence-electron chi connectivity index (χ3n) is 4.02. The van der Waals surface area contributed by atoms with Gasteiger partial charge in [0.05, 0.1) is 6.04 Å². The molecule has 3 rings (SSSR count). The number of aromatic nitrogens is 2. The molecule has 1 aliphatic heterocycles. The van der Waals surface area contributed by atoms with Crippen LogP contribution in [0.25, 0.3) is 0 Å². The van der Waals surface area contributed by atoms with E-state index in [0.717, 1.165) is 19.6 Å². The standard InChI is InChI=1S/C16H21FN4O2.ClH/c1-3-13(22-14-7-5-4-6-11(14)17)16-19-15(20-23-16)12-10-18-8-9-21(12)2;/h4-7,12-13,18H,3,8-10H2,1-2H3;1H. The van der Waals surface area contributed by atoms with Gasteiger partial charge in [-0.25, -0.2) is 4.39 Å². The Kier molecular flexibility index (Phi) is 6.53. The number of piperazine rings is 1. The second-order valence-corrected chi connectivity index (χ2v) is 5.64. The van der Waals surface area contributed by atoms with E-state index in [1.807, 2.05) is 14.0 Å². The maximum Gasteiger partial charge on any atom is 0.267 e. The van der Waals surface area contributed by atoms with Crippen LogP contribution in [0.1, 0.15) is 37.2 Å². The monoisotopic (exact) mass is 356 g/mol. The predicted octanol–water partition coefficient (Wildman–Crippen LogP) is 2.74. The summed E-state index contributed by atoms with van der Waals surface area (Å²) >= 11 is 0. The Hall–Kier alpha value is -1.70. The Balaban J connectivity index is 0.00000208. The minimum atomic E-state index is -0.463. The van der Waals surface area contributed by atoms with Crippen LogP contribution < -0.4 is 10.1 Å². The zero-order valence-electron chi connectivity index (χ0n) is 13.7. The molecule has 2 unspecified atom stereocenters. The molecule has 1 aromatic heterocycles. The number of ether oxygens (including phenoxy) is 1. The first-order valence-electron chi connectivity index (χ1n) is 7.84. The summed E-state index contributed by atoms with van der Waals surface area (Å²) in [5.74, 6) is 0.799. The van der Waals surface area contributed by atoms with Gasteiger partial charge in [-0.1, -0.05) is 24.2 Å². The maximum absolute atomic E-state index is 13.7. The summed E-state index contributed by atoms with van der Waals surface area (Å²) in [6.45, 7) is 4.59. The van der Waals surface area contributed by atoms with Gasteiger partial charge in [-0.15, -0.1) is 12.4 Å². The lowest BCUT2D eigenvalue weighted by atomic mass is 10.2. The fourth-order valence-electron chi connectivity index (χ4n) is 2.61. The van der Waals surface area contributed by atoms with E-state index in [2.05, 4.69) is 20.4 Å². The molecule has 0 spiro atoms. The minimum Gasteiger partial charge on any atom is -0.478 e. The summed E-state index contributed by atoms with van der Waals surface area (Å²) in [5, 5.41) is 7.40. The zero-order chi connectivity index (χ0) is 16.2. The molecule has 1 fully saturated rings. The van der Waals surface area contributed by atoms with Gasteiger partial charge in [-0.05, 0) is 25.6 Å². The number of nitrogens with zero attached hydrogens (tertiary/aromatic N) is 3. The molecule has 24 heavy (non-hydrogen) atoms. The van der Waals surface area contributed by atoms with Crippen LogP contribution >= 0.6 is 12.4 Å². The lowest BCUT2D eigenvalue weighted by Gasteiger charge is -2.30. The molecule has 1 N–H and O–H groups in total. The molecule has 2 aromatic rings. The van der Waals surface area contributed by atoms with Crippen LogP contribution in [0.4, 0.5) is 4.39 Å². The van der Waals surface area contributed by atoms with Crippen LogP contribution in [0.5, 0.6) is 5.75 Å². The van der Waals surface area contributed by atoms with Crippen LogP contribution in [0.15, 0.2) is 28.8 Å². The van der Waals surface area contributed by atoms with E-state index in [4.69, 9.17) is 9.26 Å². The van der Waals surface area contributed by atoms with Gasteiger partial charge in [0, 0.05) is 19.6 Å². The topological polar surface area (TPSA) is 63.4 Å². The van der Waals surface area contributed by atoms with Crippen molar-refractivity contribution in [2.75, 3.05) is 26.7 Å². The molecule has 6 nitrogen and oxygen atoms in total. The van der Waals surface area contributed by atoms with Crippen molar-refractivity contribution < 1.29 is 13.7 Å². The molecule has 0 amide bonds. The summed E-state index contributed by atoms with van der Waals surface area (Å²) < 4.78 is 24.8. The SMILES string of the molecule is CCC(Oc1ccccc1F)c1nc(C2CNCCN2C)no1.Cl. The van der Waals surface area contributed by atoms with Gasteiger partial charge in [-0.2, -0.15) is 4.98 Å². The molecular weight excluding hydrogens is 335 g/mol. The van der Waals surface area contributed by atoms with Crippen molar-refractivity contribution in [3.05, 3.63) is 41.8 Å². The highest BCUT2D eigenvalue weighted by Gasteiger charge is 2.27. The number of rotatable bonds is 5. The van der Waals surface area contributed by atoms with Gasteiger partial charge in [0.15, 0.2) is 23.5 Å². The summed E-state index contributed by atoms with van der Waals surface area (Å²) in [4.78, 5) is 6.66. The molecule has 1 aliphatic rings. The third kappa shape index (κ3) is 4.03. The number of benzene rings is 1. The Labute approximate surface area is 146 Å². The quantitative estimate of drug-likeness (QED) is 0.888. The molecule has 0 bridgehead atoms. The first-order chi connectivity index (χ1) is 11.2. The molecule has 132 valence electrons. The van der Waals surface area contributed by atoms with E-state index in [1.54, 1.807) is 18.2 Å². The minimum absolute atomic E-state index is 0. The van der Waals surface area contributed by atoms with Crippen molar-refractivity contribution in [3.63, 3.8) is 0 Å². The maximum atomic E-state index is 13.7. The first kappa shape index (κ1) is 18.6. The first-order valence-corrected chi connectivity index (χ1v) is 7.84. The summed E-state index contributed by atoms with van der Waals surface area (Å²) in [5.41, 5.74) is 0. The summed E-state index contributed by atoms with van der Waals surface area (Å²) in [6, 6.07) is 6.39. The van der Waals surface area contributed by atoms with E-state index < -0.39 is 11.9 Å². The zero-order valence-corrected chi connectivity index (χ0v) is 14.6. The normalized spacial score (nSPS) is 19.5. The largest absolute Gasteiger partial charge is 0.478 e. The van der Waals surface area contributed by atoms with Crippen molar-refractivity contribution in [2.45, 2.75) is 25.5 Å². The van der Waals surface area contributed by atoms with Crippen LogP contribution in [0.3, 0.4) is 0 Å². The number of hydrogen-bond donors (Lipinski definition) is 1. The Bertz CT molecular complexity index is 655. The smallest absolute Gasteiger partial charge is 0.267 e. The third-order valence-corrected chi connectivity index (χ3v) is 4.02. The Morgan fingerprint density at radius 3 is 2.96 bits per heavy atom. The highest BCUT2D eigenvalue weighted by molar-refractivity contribution is 5.85. The van der Waals surface area contributed by atoms with E-state index in [0.29, 0.717) is 18.1 Å². The van der Waals surface area contributed by atoms with Gasteiger partial charge in [0.25, 0.3) is 5.89 Å². The second-order valence-electron chi connectivity index (χ2n) is 5.64. The highest BCUT2D eigenvalue weighted by atomic mass is 35.5. The van der Waals surface area contributed by atoms with Crippen molar-refractivity contribution in [2.24, 2.45) is 0 Å². The number of likely N-dealkylation sites (N-methyl/N-ethyl adjacent to an activating group) is 1. The molecule has 1 saturated heterocycles. The highest BCUT2D eigenvalue weighted by Crippen LogP contribution is 2.27. The number of halogens is 2. The van der Waals surface area contributed by atoms with Crippen LogP contribution in [0.2, 0.25) is 0 Å². The molecule has 2 heterocycles. The van der Waals surface area contributed by atoms with Crippen molar-refractivity contribution in [3.8, 4) is 5.75 Å². The van der Waals surface area contributed by atoms with E-state index >= 15 is 0 Å². The predicted molar refractivity (Wildman–Crippen MR) is 89.8 cm³/mol. The Morgan fingerprint density at radius 2 is 2.25 bits per heavy atom. The Morgan fingerprint density at radius 1 is 1.46 bits per heavy atom. The van der Waals surface area contributed by atoms with Crippen LogP contribution in [-0.4, -0.2) is 41.7 Å². The van der Waals surface area contributed by atoms with Crippen molar-refractivity contribution in [1.29, 1.82) is 0 Å². The van der Waals surface area contributed by atoms with Crippen molar-refractivity contribution >= 4 is 12.4 Å². The van der Waals surface area contributed by atoms with Gasteiger partial charge in [0.1, 0.15) is 0 Å². The molecule has 0 radical (unpaired) electrons. The van der Waals surface area contributed by atoms with Crippen molar-refractivity contribution in [1.82, 2.24) is 20.4 Å². The summed E-state index contributed by atoms with van der Waals surface area (Å²) in [7, 11) is 2.04. The number of para-hydroxylation sites is 1. The van der Waals surface area contributed by atoms with Gasteiger partial charge in [0.2, 0.25) is 0 Å². The molecule has 1 aromatic carbocycles. The average molecular weight is 357 g/mol. The van der Waals surface area contributed by atoms with E-state index in [-0.39, 0.29) is 24.2 Å². The van der Waals surface area contributed by atoms with Gasteiger partial charge in [-0.3, -0.25) is 4.90 Å². The van der Waals surface area contributed by atoms with E-state index in [9.17, 15) is 4.39 Å². The number of nitrogens with one attached hydrogen (secondary N) is 1.